The largest absolute Gasteiger partial charge is 0.381 e. The van der Waals surface area contributed by atoms with Crippen LogP contribution in [0.25, 0.3) is 0 Å². The molecule has 1 aromatic heterocycles. The third kappa shape index (κ3) is 5.47. The second-order valence-corrected chi connectivity index (χ2v) is 7.41. The van der Waals surface area contributed by atoms with Gasteiger partial charge in [0.1, 0.15) is 6.20 Å². The number of nitrogens with one attached hydrogen (secondary N) is 1. The van der Waals surface area contributed by atoms with Crippen LogP contribution in [0.1, 0.15) is 12.2 Å². The second-order valence-electron chi connectivity index (χ2n) is 6.97. The zero-order chi connectivity index (χ0) is 21.7. The molecular formula is C19H23ClN6O4. The first-order chi connectivity index (χ1) is 14.3. The van der Waals surface area contributed by atoms with E-state index >= 15 is 0 Å². The fourth-order valence-electron chi connectivity index (χ4n) is 3.29. The van der Waals surface area contributed by atoms with Crippen molar-refractivity contribution in [3.8, 4) is 0 Å². The minimum absolute atomic E-state index is 0.0704. The van der Waals surface area contributed by atoms with Gasteiger partial charge in [-0.15, -0.1) is 0 Å². The van der Waals surface area contributed by atoms with E-state index in [1.54, 1.807) is 16.4 Å². The Hall–Kier alpha value is -3.14. The smallest absolute Gasteiger partial charge is 0.368 e. The van der Waals surface area contributed by atoms with Crippen molar-refractivity contribution in [2.75, 3.05) is 37.6 Å². The SMILES string of the molecule is Cc1nc([N+](=O)[O-])cn1CCC(=O)NCC(=O)N1CCN(c2cccc(Cl)c2)CC1. The van der Waals surface area contributed by atoms with Crippen LogP contribution in [-0.2, 0) is 16.1 Å². The number of aryl methyl sites for hydroxylation is 2. The number of aromatic nitrogens is 2. The van der Waals surface area contributed by atoms with E-state index in [1.807, 2.05) is 24.3 Å². The number of imidazole rings is 1. The molecule has 3 rings (SSSR count). The molecule has 0 aliphatic carbocycles. The lowest BCUT2D eigenvalue weighted by atomic mass is 10.2. The summed E-state index contributed by atoms with van der Waals surface area (Å²) in [5.74, 6) is -0.219. The molecule has 30 heavy (non-hydrogen) atoms. The summed E-state index contributed by atoms with van der Waals surface area (Å²) in [7, 11) is 0. The molecule has 0 bridgehead atoms. The quantitative estimate of drug-likeness (QED) is 0.523. The first-order valence-corrected chi connectivity index (χ1v) is 9.94. The molecule has 1 fully saturated rings. The van der Waals surface area contributed by atoms with Crippen LogP contribution in [0.4, 0.5) is 11.5 Å². The number of rotatable bonds is 7. The van der Waals surface area contributed by atoms with E-state index in [9.17, 15) is 19.7 Å². The number of nitro groups is 1. The molecule has 1 aliphatic heterocycles. The zero-order valence-corrected chi connectivity index (χ0v) is 17.3. The number of benzene rings is 1. The summed E-state index contributed by atoms with van der Waals surface area (Å²) in [6.07, 6.45) is 1.40. The molecule has 0 spiro atoms. The lowest BCUT2D eigenvalue weighted by Gasteiger charge is -2.36. The molecule has 0 radical (unpaired) electrons. The lowest BCUT2D eigenvalue weighted by Crippen LogP contribution is -2.51. The third-order valence-corrected chi connectivity index (χ3v) is 5.21. The Morgan fingerprint density at radius 2 is 2.00 bits per heavy atom. The number of hydrogen-bond acceptors (Lipinski definition) is 6. The van der Waals surface area contributed by atoms with Gasteiger partial charge in [0.2, 0.25) is 17.6 Å². The number of piperazine rings is 1. The number of hydrogen-bond donors (Lipinski definition) is 1. The van der Waals surface area contributed by atoms with E-state index in [1.165, 1.54) is 6.20 Å². The van der Waals surface area contributed by atoms with Crippen molar-refractivity contribution >= 4 is 34.9 Å². The highest BCUT2D eigenvalue weighted by Crippen LogP contribution is 2.20. The van der Waals surface area contributed by atoms with Gasteiger partial charge in [0, 0.05) is 56.8 Å². The second kappa shape index (κ2) is 9.57. The average molecular weight is 435 g/mol. The average Bonchev–Trinajstić information content (AvgIpc) is 3.11. The highest BCUT2D eigenvalue weighted by Gasteiger charge is 2.22. The Kier molecular flexibility index (Phi) is 6.88. The summed E-state index contributed by atoms with van der Waals surface area (Å²) >= 11 is 6.04. The van der Waals surface area contributed by atoms with Gasteiger partial charge < -0.3 is 29.8 Å². The summed E-state index contributed by atoms with van der Waals surface area (Å²) in [5, 5.41) is 14.0. The Balaban J connectivity index is 1.40. The highest BCUT2D eigenvalue weighted by atomic mass is 35.5. The van der Waals surface area contributed by atoms with Crippen molar-refractivity contribution < 1.29 is 14.5 Å². The molecule has 1 saturated heterocycles. The summed E-state index contributed by atoms with van der Waals surface area (Å²) in [6, 6.07) is 7.60. The minimum Gasteiger partial charge on any atom is -0.368 e. The van der Waals surface area contributed by atoms with Crippen LogP contribution in [0.2, 0.25) is 5.02 Å². The Morgan fingerprint density at radius 3 is 2.63 bits per heavy atom. The maximum atomic E-state index is 12.4. The van der Waals surface area contributed by atoms with Gasteiger partial charge in [-0.1, -0.05) is 17.7 Å². The van der Waals surface area contributed by atoms with Crippen LogP contribution in [0.15, 0.2) is 30.5 Å². The predicted octanol–water partition coefficient (Wildman–Crippen LogP) is 1.61. The third-order valence-electron chi connectivity index (χ3n) is 4.97. The monoisotopic (exact) mass is 434 g/mol. The van der Waals surface area contributed by atoms with Crippen LogP contribution in [-0.4, -0.2) is 63.9 Å². The standard InChI is InChI=1S/C19H23ClN6O4/c1-14-22-17(26(29)30)13-25(14)6-5-18(27)21-12-19(28)24-9-7-23(8-10-24)16-4-2-3-15(20)11-16/h2-4,11,13H,5-10,12H2,1H3,(H,21,27). The van der Waals surface area contributed by atoms with E-state index in [0.29, 0.717) is 37.0 Å². The summed E-state index contributed by atoms with van der Waals surface area (Å²) in [6.45, 7) is 4.34. The van der Waals surface area contributed by atoms with Crippen molar-refractivity contribution in [3.63, 3.8) is 0 Å². The van der Waals surface area contributed by atoms with Gasteiger partial charge in [0.15, 0.2) is 0 Å². The lowest BCUT2D eigenvalue weighted by molar-refractivity contribution is -0.389. The molecule has 11 heteroatoms. The molecule has 1 aliphatic rings. The first kappa shape index (κ1) is 21.6. The summed E-state index contributed by atoms with van der Waals surface area (Å²) in [5.41, 5.74) is 1.03. The molecule has 10 nitrogen and oxygen atoms in total. The van der Waals surface area contributed by atoms with E-state index < -0.39 is 4.92 Å². The van der Waals surface area contributed by atoms with E-state index in [0.717, 1.165) is 5.69 Å². The van der Waals surface area contributed by atoms with E-state index in [2.05, 4.69) is 15.2 Å². The maximum absolute atomic E-state index is 12.4. The molecule has 1 aromatic carbocycles. The maximum Gasteiger partial charge on any atom is 0.381 e. The topological polar surface area (TPSA) is 114 Å². The van der Waals surface area contributed by atoms with Crippen molar-refractivity contribution in [2.45, 2.75) is 19.9 Å². The van der Waals surface area contributed by atoms with Gasteiger partial charge in [-0.3, -0.25) is 9.59 Å². The molecule has 1 N–H and O–H groups in total. The molecular weight excluding hydrogens is 412 g/mol. The van der Waals surface area contributed by atoms with Gasteiger partial charge in [0.05, 0.1) is 6.54 Å². The molecule has 2 amide bonds. The van der Waals surface area contributed by atoms with Crippen molar-refractivity contribution in [3.05, 3.63) is 51.4 Å². The molecule has 2 aromatic rings. The van der Waals surface area contributed by atoms with E-state index in [-0.39, 0.29) is 37.1 Å². The van der Waals surface area contributed by atoms with Crippen LogP contribution in [0.5, 0.6) is 0 Å². The van der Waals surface area contributed by atoms with Gasteiger partial charge >= 0.3 is 5.82 Å². The van der Waals surface area contributed by atoms with E-state index in [4.69, 9.17) is 11.6 Å². The Bertz CT molecular complexity index is 939. The molecule has 0 unspecified atom stereocenters. The predicted molar refractivity (Wildman–Crippen MR) is 111 cm³/mol. The van der Waals surface area contributed by atoms with Gasteiger partial charge in [-0.05, 0) is 28.1 Å². The first-order valence-electron chi connectivity index (χ1n) is 9.56. The number of halogens is 1. The number of nitrogens with zero attached hydrogens (tertiary/aromatic N) is 5. The molecule has 160 valence electrons. The van der Waals surface area contributed by atoms with Gasteiger partial charge in [-0.2, -0.15) is 0 Å². The number of amides is 2. The van der Waals surface area contributed by atoms with Gasteiger partial charge in [-0.25, -0.2) is 0 Å². The minimum atomic E-state index is -0.575. The van der Waals surface area contributed by atoms with Gasteiger partial charge in [0.25, 0.3) is 0 Å². The number of anilines is 1. The Morgan fingerprint density at radius 1 is 1.27 bits per heavy atom. The molecule has 0 atom stereocenters. The number of carbonyl (C=O) groups excluding carboxylic acids is 2. The fourth-order valence-corrected chi connectivity index (χ4v) is 3.47. The van der Waals surface area contributed by atoms with Crippen LogP contribution in [0, 0.1) is 17.0 Å². The Labute approximate surface area is 178 Å². The van der Waals surface area contributed by atoms with Crippen molar-refractivity contribution in [2.24, 2.45) is 0 Å². The van der Waals surface area contributed by atoms with Crippen LogP contribution < -0.4 is 10.2 Å². The summed E-state index contributed by atoms with van der Waals surface area (Å²) < 4.78 is 1.55. The molecule has 2 heterocycles. The van der Waals surface area contributed by atoms with Crippen molar-refractivity contribution in [1.82, 2.24) is 19.8 Å². The normalized spacial score (nSPS) is 13.9. The zero-order valence-electron chi connectivity index (χ0n) is 16.6. The van der Waals surface area contributed by atoms with Crippen LogP contribution in [0.3, 0.4) is 0 Å². The molecule has 0 saturated carbocycles. The van der Waals surface area contributed by atoms with Crippen molar-refractivity contribution in [1.29, 1.82) is 0 Å². The highest BCUT2D eigenvalue weighted by molar-refractivity contribution is 6.30. The fraction of sp³-hybridized carbons (Fsp3) is 0.421. The number of carbonyl (C=O) groups is 2. The summed E-state index contributed by atoms with van der Waals surface area (Å²) in [4.78, 5) is 42.3. The van der Waals surface area contributed by atoms with Crippen LogP contribution >= 0.6 is 11.6 Å².